The summed E-state index contributed by atoms with van der Waals surface area (Å²) < 4.78 is 32.2. The molecule has 1 saturated heterocycles. The molecule has 9 nitrogen and oxygen atoms in total. The summed E-state index contributed by atoms with van der Waals surface area (Å²) in [7, 11) is -1.79. The van der Waals surface area contributed by atoms with E-state index in [4.69, 9.17) is 4.74 Å². The number of rotatable bonds is 8. The Morgan fingerprint density at radius 2 is 1.79 bits per heavy atom. The summed E-state index contributed by atoms with van der Waals surface area (Å²) in [6.45, 7) is 2.05. The molecule has 0 radical (unpaired) electrons. The third-order valence-corrected chi connectivity index (χ3v) is 6.67. The van der Waals surface area contributed by atoms with Crippen molar-refractivity contribution in [3.8, 4) is 5.75 Å². The van der Waals surface area contributed by atoms with Gasteiger partial charge in [-0.05, 0) is 77.6 Å². The quantitative estimate of drug-likeness (QED) is 0.324. The van der Waals surface area contributed by atoms with Crippen LogP contribution < -0.4 is 25.4 Å². The Morgan fingerprint density at radius 1 is 1.06 bits per heavy atom. The molecule has 1 aliphatic rings. The van der Waals surface area contributed by atoms with Gasteiger partial charge < -0.3 is 20.7 Å². The maximum atomic E-state index is 11.7. The first-order chi connectivity index (χ1) is 16.3. The second-order valence-electron chi connectivity index (χ2n) is 8.04. The Bertz CT molecular complexity index is 1270. The van der Waals surface area contributed by atoms with Crippen molar-refractivity contribution >= 4 is 54.8 Å². The van der Waals surface area contributed by atoms with Crippen LogP contribution in [0, 0.1) is 0 Å². The van der Waals surface area contributed by atoms with E-state index in [1.807, 2.05) is 6.07 Å². The number of piperidine rings is 1. The molecule has 180 valence electrons. The predicted molar refractivity (Wildman–Crippen MR) is 139 cm³/mol. The molecular weight excluding hydrogens is 520 g/mol. The molecule has 0 bridgehead atoms. The van der Waals surface area contributed by atoms with Gasteiger partial charge in [-0.3, -0.25) is 4.72 Å². The summed E-state index contributed by atoms with van der Waals surface area (Å²) in [4.78, 5) is 8.93. The van der Waals surface area contributed by atoms with Crippen LogP contribution in [0.3, 0.4) is 0 Å². The monoisotopic (exact) mass is 546 g/mol. The largest absolute Gasteiger partial charge is 0.495 e. The summed E-state index contributed by atoms with van der Waals surface area (Å²) in [6, 6.07) is 13.2. The number of nitrogens with one attached hydrogen (secondary N) is 4. The Hall–Kier alpha value is -2.89. The number of methoxy groups -OCH3 is 1. The molecule has 1 aromatic heterocycles. The highest BCUT2D eigenvalue weighted by Gasteiger charge is 2.17. The lowest BCUT2D eigenvalue weighted by Gasteiger charge is -2.24. The van der Waals surface area contributed by atoms with E-state index in [1.54, 1.807) is 37.6 Å². The van der Waals surface area contributed by atoms with Gasteiger partial charge >= 0.3 is 0 Å². The van der Waals surface area contributed by atoms with Gasteiger partial charge in [-0.1, -0.05) is 18.2 Å². The lowest BCUT2D eigenvalue weighted by atomic mass is 9.90. The number of benzene rings is 2. The van der Waals surface area contributed by atoms with Crippen LogP contribution in [-0.4, -0.2) is 44.8 Å². The number of hydrogen-bond acceptors (Lipinski definition) is 8. The van der Waals surface area contributed by atoms with Crippen molar-refractivity contribution in [2.45, 2.75) is 18.8 Å². The summed E-state index contributed by atoms with van der Waals surface area (Å²) in [5.41, 5.74) is 2.99. The van der Waals surface area contributed by atoms with Crippen molar-refractivity contribution in [1.29, 1.82) is 0 Å². The molecule has 4 N–H and O–H groups in total. The van der Waals surface area contributed by atoms with Gasteiger partial charge in [-0.15, -0.1) is 0 Å². The maximum Gasteiger partial charge on any atom is 0.229 e. The van der Waals surface area contributed by atoms with Gasteiger partial charge in [0.15, 0.2) is 0 Å². The van der Waals surface area contributed by atoms with E-state index in [0.717, 1.165) is 43.6 Å². The number of ether oxygens (including phenoxy) is 1. The third kappa shape index (κ3) is 6.16. The van der Waals surface area contributed by atoms with Gasteiger partial charge in [0.1, 0.15) is 11.6 Å². The average molecular weight is 547 g/mol. The molecule has 0 amide bonds. The second kappa shape index (κ2) is 10.6. The minimum absolute atomic E-state index is 0.368. The number of halogens is 1. The lowest BCUT2D eigenvalue weighted by molar-refractivity contribution is 0.413. The van der Waals surface area contributed by atoms with E-state index in [-0.39, 0.29) is 0 Å². The summed E-state index contributed by atoms with van der Waals surface area (Å²) in [5.74, 6) is 2.09. The molecule has 1 fully saturated rings. The zero-order chi connectivity index (χ0) is 24.1. The van der Waals surface area contributed by atoms with Crippen LogP contribution in [0.15, 0.2) is 53.1 Å². The highest BCUT2D eigenvalue weighted by Crippen LogP contribution is 2.34. The van der Waals surface area contributed by atoms with Gasteiger partial charge in [0.25, 0.3) is 0 Å². The number of nitrogens with zero attached hydrogens (tertiary/aromatic N) is 2. The molecule has 0 spiro atoms. The van der Waals surface area contributed by atoms with Gasteiger partial charge in [-0.2, -0.15) is 4.98 Å². The summed E-state index contributed by atoms with van der Waals surface area (Å²) in [6.07, 6.45) is 4.95. The van der Waals surface area contributed by atoms with Gasteiger partial charge in [0, 0.05) is 6.20 Å². The molecule has 4 rings (SSSR count). The topological polar surface area (TPSA) is 117 Å². The molecule has 34 heavy (non-hydrogen) atoms. The molecule has 2 heterocycles. The SMILES string of the molecule is COc1cc(C2CCNCC2)ccc1Nc1ncc(Br)c(Nc2ccccc2NS(C)(=O)=O)n1. The van der Waals surface area contributed by atoms with Crippen molar-refractivity contribution < 1.29 is 13.2 Å². The second-order valence-corrected chi connectivity index (χ2v) is 10.6. The minimum Gasteiger partial charge on any atom is -0.495 e. The fourth-order valence-corrected chi connectivity index (χ4v) is 4.73. The highest BCUT2D eigenvalue weighted by molar-refractivity contribution is 9.10. The zero-order valence-electron chi connectivity index (χ0n) is 18.9. The normalized spacial score (nSPS) is 14.4. The van der Waals surface area contributed by atoms with Crippen molar-refractivity contribution in [3.05, 3.63) is 58.7 Å². The molecule has 2 aromatic carbocycles. The lowest BCUT2D eigenvalue weighted by Crippen LogP contribution is -2.26. The number of aromatic nitrogens is 2. The van der Waals surface area contributed by atoms with Crippen LogP contribution in [0.4, 0.5) is 28.8 Å². The van der Waals surface area contributed by atoms with E-state index in [0.29, 0.717) is 33.5 Å². The van der Waals surface area contributed by atoms with E-state index in [9.17, 15) is 8.42 Å². The van der Waals surface area contributed by atoms with Crippen LogP contribution in [0.2, 0.25) is 0 Å². The summed E-state index contributed by atoms with van der Waals surface area (Å²) >= 11 is 3.46. The molecule has 1 aliphatic heterocycles. The van der Waals surface area contributed by atoms with E-state index >= 15 is 0 Å². The first kappa shape index (κ1) is 24.2. The first-order valence-electron chi connectivity index (χ1n) is 10.8. The Balaban J connectivity index is 1.56. The molecule has 0 saturated carbocycles. The predicted octanol–water partition coefficient (Wildman–Crippen LogP) is 4.57. The summed E-state index contributed by atoms with van der Waals surface area (Å²) in [5, 5.41) is 9.79. The van der Waals surface area contributed by atoms with Crippen LogP contribution in [-0.2, 0) is 10.0 Å². The fourth-order valence-electron chi connectivity index (χ4n) is 3.86. The Morgan fingerprint density at radius 3 is 2.50 bits per heavy atom. The molecule has 11 heteroatoms. The Kier molecular flexibility index (Phi) is 7.54. The molecule has 3 aromatic rings. The molecular formula is C23H27BrN6O3S. The van der Waals surface area contributed by atoms with Crippen molar-refractivity contribution in [2.75, 3.05) is 41.8 Å². The van der Waals surface area contributed by atoms with Crippen LogP contribution in [0.5, 0.6) is 5.75 Å². The number of hydrogen-bond donors (Lipinski definition) is 4. The Labute approximate surface area is 207 Å². The van der Waals surface area contributed by atoms with Crippen molar-refractivity contribution in [2.24, 2.45) is 0 Å². The number of sulfonamides is 1. The smallest absolute Gasteiger partial charge is 0.229 e. The molecule has 0 unspecified atom stereocenters. The number of anilines is 5. The zero-order valence-corrected chi connectivity index (χ0v) is 21.3. The molecule has 0 atom stereocenters. The average Bonchev–Trinajstić information content (AvgIpc) is 2.82. The van der Waals surface area contributed by atoms with E-state index in [1.165, 1.54) is 5.56 Å². The van der Waals surface area contributed by atoms with Crippen molar-refractivity contribution in [3.63, 3.8) is 0 Å². The van der Waals surface area contributed by atoms with E-state index in [2.05, 4.69) is 58.7 Å². The van der Waals surface area contributed by atoms with E-state index < -0.39 is 10.0 Å². The fraction of sp³-hybridized carbons (Fsp3) is 0.304. The van der Waals surface area contributed by atoms with Crippen LogP contribution in [0.1, 0.15) is 24.3 Å². The highest BCUT2D eigenvalue weighted by atomic mass is 79.9. The van der Waals surface area contributed by atoms with Gasteiger partial charge in [-0.25, -0.2) is 13.4 Å². The molecule has 0 aliphatic carbocycles. The van der Waals surface area contributed by atoms with Crippen LogP contribution in [0.25, 0.3) is 0 Å². The standard InChI is InChI=1S/C23H27BrN6O3S/c1-33-21-13-16(15-9-11-25-12-10-15)7-8-20(21)28-23-26-14-17(24)22(29-23)27-18-5-3-4-6-19(18)30-34(2,31)32/h3-8,13-15,25,30H,9-12H2,1-2H3,(H2,26,27,28,29). The van der Waals surface area contributed by atoms with Crippen LogP contribution >= 0.6 is 15.9 Å². The first-order valence-corrected chi connectivity index (χ1v) is 13.5. The van der Waals surface area contributed by atoms with Gasteiger partial charge in [0.2, 0.25) is 16.0 Å². The maximum absolute atomic E-state index is 11.7. The van der Waals surface area contributed by atoms with Gasteiger partial charge in [0.05, 0.1) is 34.9 Å². The third-order valence-electron chi connectivity index (χ3n) is 5.50. The minimum atomic E-state index is -3.43. The number of para-hydroxylation sites is 2. The van der Waals surface area contributed by atoms with Crippen molar-refractivity contribution in [1.82, 2.24) is 15.3 Å².